The molecule has 0 aliphatic carbocycles. The fourth-order valence-electron chi connectivity index (χ4n) is 4.52. The topological polar surface area (TPSA) is 95.8 Å². The molecule has 0 saturated carbocycles. The lowest BCUT2D eigenvalue weighted by Gasteiger charge is -2.32. The van der Waals surface area contributed by atoms with E-state index in [2.05, 4.69) is 0 Å². The number of aromatic hydroxyl groups is 2. The minimum atomic E-state index is -0.974. The van der Waals surface area contributed by atoms with Crippen LogP contribution in [0, 0.1) is 0 Å². The van der Waals surface area contributed by atoms with Crippen LogP contribution in [0.15, 0.2) is 66.7 Å². The van der Waals surface area contributed by atoms with E-state index in [1.807, 2.05) is 85.7 Å². The molecule has 0 atom stereocenters. The Labute approximate surface area is 242 Å². The smallest absolute Gasteiger partial charge is 0.494 e. The van der Waals surface area contributed by atoms with Crippen LogP contribution < -0.4 is 20.4 Å². The lowest BCUT2D eigenvalue weighted by Crippen LogP contribution is -2.41. The average Bonchev–Trinajstić information content (AvgIpc) is 3.25. The van der Waals surface area contributed by atoms with Crippen molar-refractivity contribution in [1.82, 2.24) is 0 Å². The summed E-state index contributed by atoms with van der Waals surface area (Å²) in [6.45, 7) is 15.8. The van der Waals surface area contributed by atoms with Crippen molar-refractivity contribution in [3.63, 3.8) is 0 Å². The first kappa shape index (κ1) is 29.3. The number of rotatable bonds is 7. The highest BCUT2D eigenvalue weighted by molar-refractivity contribution is 6.62. The van der Waals surface area contributed by atoms with Crippen LogP contribution in [0.3, 0.4) is 0 Å². The van der Waals surface area contributed by atoms with Gasteiger partial charge in [0, 0.05) is 5.56 Å². The van der Waals surface area contributed by atoms with Crippen LogP contribution in [-0.2, 0) is 18.6 Å². The number of hydrogen-bond donors (Lipinski definition) is 2. The van der Waals surface area contributed by atoms with Crippen molar-refractivity contribution in [3.8, 4) is 23.0 Å². The van der Waals surface area contributed by atoms with Gasteiger partial charge in [-0.05, 0) is 90.6 Å². The van der Waals surface area contributed by atoms with Crippen LogP contribution in [0.4, 0.5) is 0 Å². The Bertz CT molecular complexity index is 1290. The summed E-state index contributed by atoms with van der Waals surface area (Å²) in [4.78, 5) is 0. The Morgan fingerprint density at radius 2 is 0.927 bits per heavy atom. The van der Waals surface area contributed by atoms with E-state index in [-0.39, 0.29) is 23.0 Å². The van der Waals surface area contributed by atoms with Gasteiger partial charge < -0.3 is 38.3 Å². The summed E-state index contributed by atoms with van der Waals surface area (Å²) in [6.07, 6.45) is -0.974. The summed E-state index contributed by atoms with van der Waals surface area (Å²) < 4.78 is 36.8. The summed E-state index contributed by atoms with van der Waals surface area (Å²) in [5.41, 5.74) is 0.00629. The van der Waals surface area contributed by atoms with Crippen LogP contribution in [0.1, 0.15) is 67.2 Å². The van der Waals surface area contributed by atoms with E-state index in [1.165, 1.54) is 0 Å². The van der Waals surface area contributed by atoms with Crippen molar-refractivity contribution in [2.45, 2.75) is 84.1 Å². The molecule has 8 nitrogen and oxygen atoms in total. The molecule has 2 N–H and O–H groups in total. The Morgan fingerprint density at radius 3 is 1.27 bits per heavy atom. The Morgan fingerprint density at radius 1 is 0.561 bits per heavy atom. The zero-order valence-electron chi connectivity index (χ0n) is 24.9. The first-order valence-electron chi connectivity index (χ1n) is 13.8. The van der Waals surface area contributed by atoms with E-state index in [9.17, 15) is 10.2 Å². The second kappa shape index (κ2) is 10.3. The molecule has 2 aliphatic heterocycles. The third kappa shape index (κ3) is 5.66. The molecule has 0 amide bonds. The molecule has 0 unspecified atom stereocenters. The zero-order chi connectivity index (χ0) is 29.8. The van der Waals surface area contributed by atoms with Crippen molar-refractivity contribution < 1.29 is 38.3 Å². The van der Waals surface area contributed by atoms with Gasteiger partial charge in [-0.3, -0.25) is 0 Å². The summed E-state index contributed by atoms with van der Waals surface area (Å²) in [6, 6.07) is 19.3. The maximum atomic E-state index is 10.9. The Hall–Kier alpha value is -3.17. The van der Waals surface area contributed by atoms with Crippen molar-refractivity contribution in [2.24, 2.45) is 0 Å². The molecule has 216 valence electrons. The molecular weight excluding hydrogens is 522 g/mol. The standard InChI is InChI=1S/C31H38B2O8/c1-28(2)29(3,4)39-32(38-28)21-14-16-25(23(34)18-21)36-27(20-12-10-9-11-13-20)37-26-17-15-22(19-24(26)35)33-40-30(5,6)31(7,8)41-33/h9-19,27,34-35H,1-8H3. The molecule has 10 heteroatoms. The van der Waals surface area contributed by atoms with Gasteiger partial charge in [0.1, 0.15) is 0 Å². The molecule has 0 bridgehead atoms. The maximum Gasteiger partial charge on any atom is 0.494 e. The fourth-order valence-corrected chi connectivity index (χ4v) is 4.52. The molecule has 5 rings (SSSR count). The molecule has 41 heavy (non-hydrogen) atoms. The SMILES string of the molecule is CC1(C)OB(c2ccc(OC(Oc3ccc(B4OC(C)(C)C(C)(C)O4)cc3O)c3ccccc3)c(O)c2)OC1(C)C. The molecule has 2 fully saturated rings. The highest BCUT2D eigenvalue weighted by Gasteiger charge is 2.52. The fraction of sp³-hybridized carbons (Fsp3) is 0.419. The zero-order valence-corrected chi connectivity index (χ0v) is 24.9. The highest BCUT2D eigenvalue weighted by Crippen LogP contribution is 2.39. The molecule has 0 spiro atoms. The number of hydrogen-bond acceptors (Lipinski definition) is 8. The van der Waals surface area contributed by atoms with Gasteiger partial charge in [-0.25, -0.2) is 0 Å². The molecule has 3 aromatic carbocycles. The number of benzene rings is 3. The van der Waals surface area contributed by atoms with Gasteiger partial charge in [0.05, 0.1) is 22.4 Å². The van der Waals surface area contributed by atoms with Crippen LogP contribution >= 0.6 is 0 Å². The summed E-state index contributed by atoms with van der Waals surface area (Å²) >= 11 is 0. The van der Waals surface area contributed by atoms with Gasteiger partial charge in [-0.15, -0.1) is 0 Å². The summed E-state index contributed by atoms with van der Waals surface area (Å²) in [5, 5.41) is 21.8. The van der Waals surface area contributed by atoms with E-state index < -0.39 is 42.9 Å². The Kier molecular flexibility index (Phi) is 7.35. The first-order chi connectivity index (χ1) is 19.1. The van der Waals surface area contributed by atoms with E-state index in [0.717, 1.165) is 0 Å². The summed E-state index contributed by atoms with van der Waals surface area (Å²) in [5.74, 6) is 0.212. The minimum absolute atomic E-state index is 0.0953. The second-order valence-corrected chi connectivity index (χ2v) is 12.6. The van der Waals surface area contributed by atoms with E-state index in [1.54, 1.807) is 36.4 Å². The first-order valence-corrected chi connectivity index (χ1v) is 13.8. The Balaban J connectivity index is 1.36. The second-order valence-electron chi connectivity index (χ2n) is 12.6. The van der Waals surface area contributed by atoms with Gasteiger partial charge >= 0.3 is 14.2 Å². The van der Waals surface area contributed by atoms with Crippen LogP contribution in [-0.4, -0.2) is 46.9 Å². The van der Waals surface area contributed by atoms with Gasteiger partial charge in [0.25, 0.3) is 6.29 Å². The summed E-state index contributed by atoms with van der Waals surface area (Å²) in [7, 11) is -1.25. The lowest BCUT2D eigenvalue weighted by atomic mass is 9.79. The molecular formula is C31H38B2O8. The lowest BCUT2D eigenvalue weighted by molar-refractivity contribution is 0.000213. The van der Waals surface area contributed by atoms with Crippen molar-refractivity contribution >= 4 is 25.2 Å². The molecule has 0 aromatic heterocycles. The molecule has 3 aromatic rings. The van der Waals surface area contributed by atoms with Gasteiger partial charge in [0.2, 0.25) is 0 Å². The van der Waals surface area contributed by atoms with E-state index >= 15 is 0 Å². The average molecular weight is 560 g/mol. The monoisotopic (exact) mass is 560 g/mol. The maximum absolute atomic E-state index is 10.9. The van der Waals surface area contributed by atoms with Crippen molar-refractivity contribution in [2.75, 3.05) is 0 Å². The molecule has 0 radical (unpaired) electrons. The third-order valence-electron chi connectivity index (χ3n) is 8.56. The van der Waals surface area contributed by atoms with Crippen LogP contribution in [0.2, 0.25) is 0 Å². The van der Waals surface area contributed by atoms with Crippen LogP contribution in [0.25, 0.3) is 0 Å². The van der Waals surface area contributed by atoms with Gasteiger partial charge in [-0.2, -0.15) is 0 Å². The number of phenolic OH excluding ortho intramolecular Hbond substituents is 2. The molecule has 2 saturated heterocycles. The van der Waals surface area contributed by atoms with Crippen LogP contribution in [0.5, 0.6) is 23.0 Å². The third-order valence-corrected chi connectivity index (χ3v) is 8.56. The predicted octanol–water partition coefficient (Wildman–Crippen LogP) is 4.85. The highest BCUT2D eigenvalue weighted by atomic mass is 16.7. The predicted molar refractivity (Wildman–Crippen MR) is 158 cm³/mol. The molecule has 2 heterocycles. The van der Waals surface area contributed by atoms with Gasteiger partial charge in [-0.1, -0.05) is 42.5 Å². The van der Waals surface area contributed by atoms with Crippen molar-refractivity contribution in [3.05, 3.63) is 72.3 Å². The van der Waals surface area contributed by atoms with E-state index in [0.29, 0.717) is 16.5 Å². The van der Waals surface area contributed by atoms with Crippen molar-refractivity contribution in [1.29, 1.82) is 0 Å². The van der Waals surface area contributed by atoms with E-state index in [4.69, 9.17) is 28.1 Å². The largest absolute Gasteiger partial charge is 0.504 e. The normalized spacial score (nSPS) is 20.4. The molecule has 2 aliphatic rings. The number of phenols is 2. The number of ether oxygens (including phenoxy) is 2. The minimum Gasteiger partial charge on any atom is -0.504 e. The quantitative estimate of drug-likeness (QED) is 0.313. The van der Waals surface area contributed by atoms with Gasteiger partial charge in [0.15, 0.2) is 23.0 Å².